The molecular formula is C22H15F3N4O3. The smallest absolute Gasteiger partial charge is 0.416 e. The van der Waals surface area contributed by atoms with Crippen LogP contribution in [0.3, 0.4) is 0 Å². The number of nitrogens with one attached hydrogen (secondary N) is 1. The molecule has 7 nitrogen and oxygen atoms in total. The topological polar surface area (TPSA) is 93.1 Å². The fourth-order valence-electron chi connectivity index (χ4n) is 3.11. The SMILES string of the molecule is N#Cc1ccccc1OCC(=O)Nc1nc2cc(C(F)(F)F)ccc2n1Cc1ccco1. The number of hydrogen-bond donors (Lipinski definition) is 1. The maximum absolute atomic E-state index is 13.1. The van der Waals surface area contributed by atoms with Crippen LogP contribution in [-0.2, 0) is 17.5 Å². The standard InChI is InChI=1S/C22H15F3N4O3/c23-22(24,25)15-7-8-18-17(10-15)27-21(29(18)12-16-5-3-9-31-16)28-20(30)13-32-19-6-2-1-4-14(19)11-26/h1-10H,12-13H2,(H,27,28,30). The Kier molecular flexibility index (Phi) is 5.55. The molecule has 2 heterocycles. The minimum Gasteiger partial charge on any atom is -0.482 e. The average Bonchev–Trinajstić information content (AvgIpc) is 3.40. The second-order valence-corrected chi connectivity index (χ2v) is 6.75. The zero-order chi connectivity index (χ0) is 22.7. The predicted molar refractivity (Wildman–Crippen MR) is 108 cm³/mol. The number of fused-ring (bicyclic) bond motifs is 1. The molecule has 0 radical (unpaired) electrons. The summed E-state index contributed by atoms with van der Waals surface area (Å²) in [6.45, 7) is -0.279. The van der Waals surface area contributed by atoms with Gasteiger partial charge in [0.15, 0.2) is 6.61 Å². The lowest BCUT2D eigenvalue weighted by Gasteiger charge is -2.10. The van der Waals surface area contributed by atoms with Crippen LogP contribution in [0.1, 0.15) is 16.9 Å². The van der Waals surface area contributed by atoms with Crippen molar-refractivity contribution in [2.75, 3.05) is 11.9 Å². The summed E-state index contributed by atoms with van der Waals surface area (Å²) in [6, 6.07) is 14.9. The van der Waals surface area contributed by atoms with Crippen LogP contribution >= 0.6 is 0 Å². The molecule has 10 heteroatoms. The molecule has 2 aromatic carbocycles. The van der Waals surface area contributed by atoms with E-state index in [0.717, 1.165) is 12.1 Å². The molecule has 2 aromatic heterocycles. The molecule has 0 spiro atoms. The molecule has 0 saturated carbocycles. The van der Waals surface area contributed by atoms with E-state index in [1.54, 1.807) is 36.4 Å². The minimum atomic E-state index is -4.52. The number of rotatable bonds is 6. The summed E-state index contributed by atoms with van der Waals surface area (Å²) in [4.78, 5) is 16.6. The van der Waals surface area contributed by atoms with Gasteiger partial charge in [-0.3, -0.25) is 10.1 Å². The number of benzene rings is 2. The largest absolute Gasteiger partial charge is 0.482 e. The molecule has 4 aromatic rings. The van der Waals surface area contributed by atoms with E-state index < -0.39 is 24.3 Å². The number of amides is 1. The number of nitrogens with zero attached hydrogens (tertiary/aromatic N) is 3. The normalized spacial score (nSPS) is 11.3. The van der Waals surface area contributed by atoms with E-state index in [-0.39, 0.29) is 29.3 Å². The van der Waals surface area contributed by atoms with Gasteiger partial charge < -0.3 is 13.7 Å². The molecule has 0 atom stereocenters. The second-order valence-electron chi connectivity index (χ2n) is 6.75. The number of carbonyl (C=O) groups is 1. The van der Waals surface area contributed by atoms with Crippen molar-refractivity contribution in [2.24, 2.45) is 0 Å². The zero-order valence-corrected chi connectivity index (χ0v) is 16.4. The zero-order valence-electron chi connectivity index (χ0n) is 16.4. The minimum absolute atomic E-state index is 0.0397. The fourth-order valence-corrected chi connectivity index (χ4v) is 3.11. The highest BCUT2D eigenvalue weighted by Gasteiger charge is 2.31. The van der Waals surface area contributed by atoms with E-state index in [4.69, 9.17) is 14.4 Å². The Hall–Kier alpha value is -4.26. The van der Waals surface area contributed by atoms with Crippen molar-refractivity contribution in [2.45, 2.75) is 12.7 Å². The van der Waals surface area contributed by atoms with Crippen molar-refractivity contribution in [1.82, 2.24) is 9.55 Å². The Bertz CT molecular complexity index is 1300. The monoisotopic (exact) mass is 440 g/mol. The lowest BCUT2D eigenvalue weighted by Crippen LogP contribution is -2.22. The van der Waals surface area contributed by atoms with Crippen LogP contribution in [0.2, 0.25) is 0 Å². The molecule has 1 amide bonds. The van der Waals surface area contributed by atoms with Crippen LogP contribution in [0.15, 0.2) is 65.3 Å². The summed E-state index contributed by atoms with van der Waals surface area (Å²) >= 11 is 0. The van der Waals surface area contributed by atoms with Crippen molar-refractivity contribution in [3.05, 3.63) is 77.7 Å². The van der Waals surface area contributed by atoms with Crippen LogP contribution in [0.5, 0.6) is 5.75 Å². The van der Waals surface area contributed by atoms with Crippen LogP contribution in [-0.4, -0.2) is 22.1 Å². The van der Waals surface area contributed by atoms with E-state index in [9.17, 15) is 18.0 Å². The van der Waals surface area contributed by atoms with Crippen molar-refractivity contribution in [1.29, 1.82) is 5.26 Å². The number of carbonyl (C=O) groups excluding carboxylic acids is 1. The summed E-state index contributed by atoms with van der Waals surface area (Å²) in [5.41, 5.74) is -0.120. The third-order valence-corrected chi connectivity index (χ3v) is 4.59. The van der Waals surface area contributed by atoms with Crippen LogP contribution < -0.4 is 10.1 Å². The maximum atomic E-state index is 13.1. The molecule has 4 rings (SSSR count). The maximum Gasteiger partial charge on any atom is 0.416 e. The third-order valence-electron chi connectivity index (χ3n) is 4.59. The van der Waals surface area contributed by atoms with Crippen LogP contribution in [0, 0.1) is 11.3 Å². The van der Waals surface area contributed by atoms with Gasteiger partial charge in [0.2, 0.25) is 5.95 Å². The molecule has 0 aliphatic heterocycles. The molecule has 0 bridgehead atoms. The summed E-state index contributed by atoms with van der Waals surface area (Å²) in [6.07, 6.45) is -3.06. The van der Waals surface area contributed by atoms with Gasteiger partial charge in [-0.2, -0.15) is 18.4 Å². The van der Waals surface area contributed by atoms with Crippen LogP contribution in [0.25, 0.3) is 11.0 Å². The van der Waals surface area contributed by atoms with Crippen molar-refractivity contribution in [3.8, 4) is 11.8 Å². The predicted octanol–water partition coefficient (Wildman–Crippen LogP) is 4.59. The molecule has 1 N–H and O–H groups in total. The van der Waals surface area contributed by atoms with Gasteiger partial charge in [0.25, 0.3) is 5.91 Å². The van der Waals surface area contributed by atoms with Gasteiger partial charge in [0.1, 0.15) is 17.6 Å². The molecule has 0 fully saturated rings. The van der Waals surface area contributed by atoms with Crippen LogP contribution in [0.4, 0.5) is 19.1 Å². The summed E-state index contributed by atoms with van der Waals surface area (Å²) < 4.78 is 51.6. The van der Waals surface area contributed by atoms with Crippen molar-refractivity contribution >= 4 is 22.9 Å². The van der Waals surface area contributed by atoms with Crippen molar-refractivity contribution in [3.63, 3.8) is 0 Å². The first kappa shape index (κ1) is 21.0. The van der Waals surface area contributed by atoms with Gasteiger partial charge in [-0.05, 0) is 42.5 Å². The number of imidazole rings is 1. The summed E-state index contributed by atoms with van der Waals surface area (Å²) in [5.74, 6) is 0.214. The first-order valence-corrected chi connectivity index (χ1v) is 9.37. The fraction of sp³-hybridized carbons (Fsp3) is 0.136. The highest BCUT2D eigenvalue weighted by Crippen LogP contribution is 2.32. The Labute approximate surface area is 179 Å². The third kappa shape index (κ3) is 4.41. The number of anilines is 1. The number of para-hydroxylation sites is 1. The number of alkyl halides is 3. The Balaban J connectivity index is 1.61. The van der Waals surface area contributed by atoms with Gasteiger partial charge in [0, 0.05) is 0 Å². The van der Waals surface area contributed by atoms with Gasteiger partial charge in [-0.25, -0.2) is 4.98 Å². The Morgan fingerprint density at radius 1 is 1.19 bits per heavy atom. The lowest BCUT2D eigenvalue weighted by atomic mass is 10.2. The van der Waals surface area contributed by atoms with Gasteiger partial charge >= 0.3 is 6.18 Å². The number of halogens is 3. The number of aromatic nitrogens is 2. The number of hydrogen-bond acceptors (Lipinski definition) is 5. The number of nitriles is 1. The van der Waals surface area contributed by atoms with Crippen molar-refractivity contribution < 1.29 is 27.1 Å². The first-order valence-electron chi connectivity index (χ1n) is 9.37. The molecule has 0 saturated heterocycles. The molecular weight excluding hydrogens is 425 g/mol. The van der Waals surface area contributed by atoms with E-state index in [0.29, 0.717) is 11.3 Å². The van der Waals surface area contributed by atoms with Gasteiger partial charge in [-0.15, -0.1) is 0 Å². The molecule has 0 aliphatic carbocycles. The average molecular weight is 440 g/mol. The Morgan fingerprint density at radius 3 is 2.72 bits per heavy atom. The molecule has 0 unspecified atom stereocenters. The van der Waals surface area contributed by atoms with Gasteiger partial charge in [-0.1, -0.05) is 12.1 Å². The quantitative estimate of drug-likeness (QED) is 0.474. The highest BCUT2D eigenvalue weighted by atomic mass is 19.4. The Morgan fingerprint density at radius 2 is 2.00 bits per heavy atom. The van der Waals surface area contributed by atoms with E-state index in [2.05, 4.69) is 10.3 Å². The number of furan rings is 1. The lowest BCUT2D eigenvalue weighted by molar-refractivity contribution is -0.137. The molecule has 162 valence electrons. The van der Waals surface area contributed by atoms with Gasteiger partial charge in [0.05, 0.1) is 35.0 Å². The van der Waals surface area contributed by atoms with E-state index in [1.165, 1.54) is 16.9 Å². The number of ether oxygens (including phenoxy) is 1. The highest BCUT2D eigenvalue weighted by molar-refractivity contribution is 5.92. The first-order chi connectivity index (χ1) is 15.3. The second kappa shape index (κ2) is 8.47. The molecule has 32 heavy (non-hydrogen) atoms. The van der Waals surface area contributed by atoms with E-state index in [1.807, 2.05) is 6.07 Å². The summed E-state index contributed by atoms with van der Waals surface area (Å²) in [7, 11) is 0. The summed E-state index contributed by atoms with van der Waals surface area (Å²) in [5, 5.41) is 11.7. The van der Waals surface area contributed by atoms with E-state index >= 15 is 0 Å². The molecule has 0 aliphatic rings.